The Balaban J connectivity index is 1.74. The minimum absolute atomic E-state index is 0.185. The summed E-state index contributed by atoms with van der Waals surface area (Å²) in [4.78, 5) is 11.2. The smallest absolute Gasteiger partial charge is 0.434 e. The second-order valence-electron chi connectivity index (χ2n) is 8.46. The van der Waals surface area contributed by atoms with Crippen LogP contribution in [0.25, 0.3) is 0 Å². The maximum absolute atomic E-state index is 13.4. The lowest BCUT2D eigenvalue weighted by Crippen LogP contribution is -2.75. The summed E-state index contributed by atoms with van der Waals surface area (Å²) in [5, 5.41) is 2.54. The molecule has 4 bridgehead atoms. The molecule has 0 aromatic carbocycles. The third-order valence-corrected chi connectivity index (χ3v) is 6.54. The van der Waals surface area contributed by atoms with Crippen molar-refractivity contribution in [3.63, 3.8) is 0 Å². The molecule has 0 atom stereocenters. The van der Waals surface area contributed by atoms with Crippen LogP contribution in [0.4, 0.5) is 31.1 Å². The molecule has 0 heterocycles. The molecule has 0 spiro atoms. The molecule has 4 nitrogen and oxygen atoms in total. The van der Waals surface area contributed by atoms with E-state index in [0.717, 1.165) is 43.8 Å². The molecule has 156 valence electrons. The summed E-state index contributed by atoms with van der Waals surface area (Å²) in [6.07, 6.45) is -7.12. The SMILES string of the molecule is COC(=O)NC(NCCC12CC3CC(CC(C3)C1)C2)(C(F)(F)F)C(F)(F)F. The molecule has 4 aliphatic carbocycles. The number of nitrogens with one attached hydrogen (secondary N) is 2. The van der Waals surface area contributed by atoms with Crippen LogP contribution >= 0.6 is 0 Å². The number of carbonyl (C=O) groups excluding carboxylic acids is 1. The first kappa shape index (κ1) is 20.5. The van der Waals surface area contributed by atoms with E-state index in [2.05, 4.69) is 4.74 Å². The minimum Gasteiger partial charge on any atom is -0.453 e. The zero-order valence-corrected chi connectivity index (χ0v) is 15.0. The van der Waals surface area contributed by atoms with Crippen molar-refractivity contribution in [2.24, 2.45) is 23.2 Å². The average molecular weight is 402 g/mol. The molecular weight excluding hydrogens is 378 g/mol. The maximum atomic E-state index is 13.4. The van der Waals surface area contributed by atoms with Crippen LogP contribution in [0.2, 0.25) is 0 Å². The summed E-state index contributed by atoms with van der Waals surface area (Å²) in [5.41, 5.74) is -4.72. The highest BCUT2D eigenvalue weighted by Gasteiger charge is 2.72. The first-order valence-electron chi connectivity index (χ1n) is 9.14. The van der Waals surface area contributed by atoms with Crippen molar-refractivity contribution in [2.75, 3.05) is 13.7 Å². The lowest BCUT2D eigenvalue weighted by atomic mass is 9.49. The van der Waals surface area contributed by atoms with Crippen LogP contribution in [0, 0.1) is 23.2 Å². The summed E-state index contributed by atoms with van der Waals surface area (Å²) < 4.78 is 84.4. The standard InChI is InChI=1S/C17H24F6N2O2/c1-27-13(26)25-15(16(18,19)20,17(21,22)23)24-3-2-14-7-10-4-11(8-14)6-12(5-10)9-14/h10-12,24H,2-9H2,1H3,(H,25,26). The number of rotatable bonds is 5. The topological polar surface area (TPSA) is 50.4 Å². The third-order valence-electron chi connectivity index (χ3n) is 6.54. The first-order valence-corrected chi connectivity index (χ1v) is 9.14. The van der Waals surface area contributed by atoms with Crippen LogP contribution in [0.15, 0.2) is 0 Å². The Kier molecular flexibility index (Phi) is 5.10. The van der Waals surface area contributed by atoms with Gasteiger partial charge in [-0.1, -0.05) is 0 Å². The number of hydrogen-bond acceptors (Lipinski definition) is 3. The maximum Gasteiger partial charge on any atom is 0.434 e. The van der Waals surface area contributed by atoms with E-state index in [0.29, 0.717) is 24.9 Å². The normalized spacial score (nSPS) is 33.2. The first-order chi connectivity index (χ1) is 12.4. The van der Waals surface area contributed by atoms with Crippen LogP contribution in [0.1, 0.15) is 44.9 Å². The van der Waals surface area contributed by atoms with E-state index in [1.807, 2.05) is 0 Å². The van der Waals surface area contributed by atoms with Crippen molar-refractivity contribution >= 4 is 6.09 Å². The van der Waals surface area contributed by atoms with E-state index >= 15 is 0 Å². The molecule has 10 heteroatoms. The Labute approximate surface area is 153 Å². The Hall–Kier alpha value is -1.19. The summed E-state index contributed by atoms with van der Waals surface area (Å²) in [6.45, 7) is -0.491. The molecule has 4 saturated carbocycles. The summed E-state index contributed by atoms with van der Waals surface area (Å²) in [6, 6.07) is 0. The van der Waals surface area contributed by atoms with Crippen molar-refractivity contribution in [3.8, 4) is 0 Å². The van der Waals surface area contributed by atoms with Crippen molar-refractivity contribution in [1.29, 1.82) is 0 Å². The Morgan fingerprint density at radius 2 is 1.41 bits per heavy atom. The fourth-order valence-electron chi connectivity index (χ4n) is 5.86. The molecule has 0 unspecified atom stereocenters. The van der Waals surface area contributed by atoms with Gasteiger partial charge in [0.1, 0.15) is 0 Å². The van der Waals surface area contributed by atoms with Crippen LogP contribution in [0.3, 0.4) is 0 Å². The third kappa shape index (κ3) is 3.73. The molecular formula is C17H24F6N2O2. The monoisotopic (exact) mass is 402 g/mol. The molecule has 27 heavy (non-hydrogen) atoms. The Morgan fingerprint density at radius 1 is 0.963 bits per heavy atom. The van der Waals surface area contributed by atoms with Crippen molar-refractivity contribution in [3.05, 3.63) is 0 Å². The van der Waals surface area contributed by atoms with Crippen LogP contribution in [0.5, 0.6) is 0 Å². The predicted molar refractivity (Wildman–Crippen MR) is 83.6 cm³/mol. The van der Waals surface area contributed by atoms with Crippen molar-refractivity contribution in [1.82, 2.24) is 10.6 Å². The van der Waals surface area contributed by atoms with Gasteiger partial charge in [-0.15, -0.1) is 0 Å². The zero-order chi connectivity index (χ0) is 20.1. The van der Waals surface area contributed by atoms with E-state index in [1.165, 1.54) is 0 Å². The second-order valence-corrected chi connectivity index (χ2v) is 8.46. The number of ether oxygens (including phenoxy) is 1. The molecule has 0 aromatic heterocycles. The van der Waals surface area contributed by atoms with Crippen molar-refractivity contribution < 1.29 is 35.9 Å². The highest BCUT2D eigenvalue weighted by molar-refractivity contribution is 5.68. The number of halogens is 6. The van der Waals surface area contributed by atoms with Gasteiger partial charge in [0.25, 0.3) is 5.66 Å². The summed E-state index contributed by atoms with van der Waals surface area (Å²) >= 11 is 0. The molecule has 4 aliphatic rings. The van der Waals surface area contributed by atoms with Gasteiger partial charge in [-0.2, -0.15) is 26.3 Å². The van der Waals surface area contributed by atoms with E-state index in [9.17, 15) is 31.1 Å². The lowest BCUT2D eigenvalue weighted by Gasteiger charge is -2.57. The Bertz CT molecular complexity index is 525. The quantitative estimate of drug-likeness (QED) is 0.531. The van der Waals surface area contributed by atoms with Crippen LogP contribution in [-0.2, 0) is 4.74 Å². The number of amides is 1. The van der Waals surface area contributed by atoms with Gasteiger partial charge in [0, 0.05) is 0 Å². The number of alkyl carbamates (subject to hydrolysis) is 1. The zero-order valence-electron chi connectivity index (χ0n) is 15.0. The lowest BCUT2D eigenvalue weighted by molar-refractivity contribution is -0.315. The number of methoxy groups -OCH3 is 1. The number of hydrogen-bond donors (Lipinski definition) is 2. The average Bonchev–Trinajstić information content (AvgIpc) is 2.49. The largest absolute Gasteiger partial charge is 0.453 e. The minimum atomic E-state index is -5.78. The molecule has 0 aromatic rings. The van der Waals surface area contributed by atoms with Gasteiger partial charge in [0.05, 0.1) is 7.11 Å². The van der Waals surface area contributed by atoms with E-state index < -0.39 is 30.7 Å². The van der Waals surface area contributed by atoms with E-state index in [-0.39, 0.29) is 11.8 Å². The van der Waals surface area contributed by atoms with Gasteiger partial charge in [0.2, 0.25) is 0 Å². The summed E-state index contributed by atoms with van der Waals surface area (Å²) in [7, 11) is 0.711. The van der Waals surface area contributed by atoms with E-state index in [1.54, 1.807) is 5.32 Å². The number of alkyl halides is 6. The highest BCUT2D eigenvalue weighted by Crippen LogP contribution is 2.61. The van der Waals surface area contributed by atoms with Crippen LogP contribution in [-0.4, -0.2) is 37.8 Å². The van der Waals surface area contributed by atoms with Gasteiger partial charge < -0.3 is 4.74 Å². The van der Waals surface area contributed by atoms with Gasteiger partial charge in [-0.3, -0.25) is 10.6 Å². The van der Waals surface area contributed by atoms with Gasteiger partial charge in [0.15, 0.2) is 0 Å². The van der Waals surface area contributed by atoms with Crippen molar-refractivity contribution in [2.45, 2.75) is 63.0 Å². The molecule has 2 N–H and O–H groups in total. The van der Waals surface area contributed by atoms with E-state index in [4.69, 9.17) is 0 Å². The van der Waals surface area contributed by atoms with Crippen LogP contribution < -0.4 is 10.6 Å². The summed E-state index contributed by atoms with van der Waals surface area (Å²) in [5.74, 6) is 1.62. The molecule has 1 amide bonds. The van der Waals surface area contributed by atoms with Gasteiger partial charge in [-0.05, 0) is 74.7 Å². The fourth-order valence-corrected chi connectivity index (χ4v) is 5.86. The molecule has 4 fully saturated rings. The molecule has 0 radical (unpaired) electrons. The van der Waals surface area contributed by atoms with Gasteiger partial charge in [-0.25, -0.2) is 4.79 Å². The molecule has 0 aliphatic heterocycles. The highest BCUT2D eigenvalue weighted by atomic mass is 19.4. The molecule has 0 saturated heterocycles. The fraction of sp³-hybridized carbons (Fsp3) is 0.941. The van der Waals surface area contributed by atoms with Gasteiger partial charge >= 0.3 is 18.4 Å². The second kappa shape index (κ2) is 6.70. The molecule has 4 rings (SSSR count). The number of carbonyl (C=O) groups is 1. The Morgan fingerprint density at radius 3 is 1.78 bits per heavy atom. The predicted octanol–water partition coefficient (Wildman–Crippen LogP) is 4.36.